The zero-order valence-electron chi connectivity index (χ0n) is 8.21. The van der Waals surface area contributed by atoms with Crippen molar-refractivity contribution in [2.75, 3.05) is 6.61 Å². The molecule has 0 bridgehead atoms. The van der Waals surface area contributed by atoms with Gasteiger partial charge in [-0.15, -0.1) is 0 Å². The number of ether oxygens (including phenoxy) is 1. The van der Waals surface area contributed by atoms with Crippen LogP contribution in [0.4, 0.5) is 0 Å². The van der Waals surface area contributed by atoms with Crippen LogP contribution in [0.3, 0.4) is 0 Å². The average Bonchev–Trinajstić information content (AvgIpc) is 2.67. The summed E-state index contributed by atoms with van der Waals surface area (Å²) < 4.78 is 6.23. The molecular weight excluding hydrogens is 196 g/mol. The van der Waals surface area contributed by atoms with E-state index in [9.17, 15) is 9.59 Å². The molecule has 2 rings (SSSR count). The Labute approximate surface area is 86.3 Å². The lowest BCUT2D eigenvalue weighted by atomic mass is 10.0. The maximum Gasteiger partial charge on any atom is 0.322 e. The summed E-state index contributed by atoms with van der Waals surface area (Å²) in [5.74, 6) is -1.71. The molecule has 0 radical (unpaired) electrons. The molecule has 0 aliphatic carbocycles. The van der Waals surface area contributed by atoms with Gasteiger partial charge in [-0.3, -0.25) is 9.59 Å². The molecule has 78 valence electrons. The molecule has 0 N–H and O–H groups in total. The van der Waals surface area contributed by atoms with Gasteiger partial charge in [0.2, 0.25) is 5.78 Å². The van der Waals surface area contributed by atoms with Crippen LogP contribution in [0.15, 0.2) is 23.4 Å². The minimum absolute atomic E-state index is 0.261. The van der Waals surface area contributed by atoms with Crippen molar-refractivity contribution in [3.05, 3.63) is 24.0 Å². The van der Waals surface area contributed by atoms with Gasteiger partial charge in [-0.1, -0.05) is 0 Å². The molecule has 1 aromatic heterocycles. The number of esters is 1. The van der Waals surface area contributed by atoms with Gasteiger partial charge in [0.15, 0.2) is 5.92 Å². The highest BCUT2D eigenvalue weighted by Crippen LogP contribution is 2.15. The van der Waals surface area contributed by atoms with E-state index in [0.29, 0.717) is 5.69 Å². The summed E-state index contributed by atoms with van der Waals surface area (Å²) >= 11 is 0. The summed E-state index contributed by atoms with van der Waals surface area (Å²) in [6, 6.07) is 3.34. The van der Waals surface area contributed by atoms with Crippen LogP contribution >= 0.6 is 0 Å². The molecule has 0 unspecified atom stereocenters. The van der Waals surface area contributed by atoms with E-state index in [-0.39, 0.29) is 12.4 Å². The molecule has 1 aliphatic heterocycles. The third-order valence-corrected chi connectivity index (χ3v) is 2.14. The highest BCUT2D eigenvalue weighted by Gasteiger charge is 2.31. The Morgan fingerprint density at radius 2 is 2.47 bits per heavy atom. The van der Waals surface area contributed by atoms with E-state index >= 15 is 0 Å². The molecule has 5 nitrogen and oxygen atoms in total. The molecule has 0 saturated carbocycles. The van der Waals surface area contributed by atoms with Gasteiger partial charge in [-0.2, -0.15) is 5.10 Å². The monoisotopic (exact) mass is 206 g/mol. The van der Waals surface area contributed by atoms with E-state index in [1.54, 1.807) is 25.3 Å². The third-order valence-electron chi connectivity index (χ3n) is 2.14. The van der Waals surface area contributed by atoms with E-state index < -0.39 is 11.9 Å². The quantitative estimate of drug-likeness (QED) is 0.528. The molecule has 1 aromatic rings. The third kappa shape index (κ3) is 1.56. The molecule has 0 fully saturated rings. The second-order valence-electron chi connectivity index (χ2n) is 3.10. The van der Waals surface area contributed by atoms with Crippen LogP contribution in [-0.4, -0.2) is 29.3 Å². The van der Waals surface area contributed by atoms with Crippen LogP contribution < -0.4 is 0 Å². The minimum atomic E-state index is -0.896. The zero-order valence-corrected chi connectivity index (χ0v) is 8.21. The second kappa shape index (κ2) is 3.68. The average molecular weight is 206 g/mol. The lowest BCUT2D eigenvalue weighted by molar-refractivity contribution is -0.144. The fourth-order valence-corrected chi connectivity index (χ4v) is 1.43. The Bertz CT molecular complexity index is 434. The molecule has 15 heavy (non-hydrogen) atoms. The van der Waals surface area contributed by atoms with Crippen molar-refractivity contribution in [2.45, 2.75) is 6.92 Å². The Morgan fingerprint density at radius 1 is 1.67 bits per heavy atom. The maximum absolute atomic E-state index is 11.8. The van der Waals surface area contributed by atoms with Crippen LogP contribution in [0.2, 0.25) is 0 Å². The second-order valence-corrected chi connectivity index (χ2v) is 3.10. The first kappa shape index (κ1) is 9.64. The number of fused-ring (bicyclic) bond motifs is 1. The zero-order chi connectivity index (χ0) is 10.8. The lowest BCUT2D eigenvalue weighted by Crippen LogP contribution is -2.31. The molecule has 1 aliphatic rings. The number of hydrogen-bond acceptors (Lipinski definition) is 4. The normalized spacial score (nSPS) is 18.7. The summed E-state index contributed by atoms with van der Waals surface area (Å²) in [6.45, 7) is 1.96. The number of Topliss-reactive ketones (excluding diaryl/α,β-unsaturated/α-hetero) is 1. The van der Waals surface area contributed by atoms with E-state index in [1.165, 1.54) is 10.9 Å². The van der Waals surface area contributed by atoms with Crippen LogP contribution in [0.5, 0.6) is 0 Å². The van der Waals surface area contributed by atoms with Crippen molar-refractivity contribution in [1.29, 1.82) is 0 Å². The number of hydrogen-bond donors (Lipinski definition) is 0. The predicted molar refractivity (Wildman–Crippen MR) is 52.8 cm³/mol. The summed E-state index contributed by atoms with van der Waals surface area (Å²) in [7, 11) is 0. The van der Waals surface area contributed by atoms with E-state index in [0.717, 1.165) is 0 Å². The van der Waals surface area contributed by atoms with Crippen molar-refractivity contribution >= 4 is 18.0 Å². The largest absolute Gasteiger partial charge is 0.465 e. The van der Waals surface area contributed by atoms with Crippen LogP contribution in [0, 0.1) is 5.92 Å². The number of carbonyl (C=O) groups excluding carboxylic acids is 2. The van der Waals surface area contributed by atoms with Gasteiger partial charge in [0.05, 0.1) is 6.61 Å². The Kier molecular flexibility index (Phi) is 2.37. The molecule has 1 atom stereocenters. The first-order valence-corrected chi connectivity index (χ1v) is 4.66. The first-order valence-electron chi connectivity index (χ1n) is 4.66. The molecule has 0 spiro atoms. The topological polar surface area (TPSA) is 60.7 Å². The predicted octanol–water partition coefficient (Wildman–Crippen LogP) is 0.698. The number of nitrogens with zero attached hydrogens (tertiary/aromatic N) is 2. The molecule has 0 saturated heterocycles. The van der Waals surface area contributed by atoms with Crippen LogP contribution in [0.25, 0.3) is 0 Å². The standard InChI is InChI=1S/C10H10N2O3/c1-2-15-10(14)7-6-11-12-5-3-4-8(12)9(7)13/h3-7H,2H2,1H3/t7-/m0/s1. The Hall–Kier alpha value is -1.91. The highest BCUT2D eigenvalue weighted by molar-refractivity contribution is 6.18. The maximum atomic E-state index is 11.8. The van der Waals surface area contributed by atoms with Crippen molar-refractivity contribution in [2.24, 2.45) is 11.0 Å². The van der Waals surface area contributed by atoms with Gasteiger partial charge in [-0.25, -0.2) is 4.68 Å². The number of carbonyl (C=O) groups is 2. The smallest absolute Gasteiger partial charge is 0.322 e. The molecule has 5 heteroatoms. The van der Waals surface area contributed by atoms with E-state index in [4.69, 9.17) is 4.74 Å². The highest BCUT2D eigenvalue weighted by atomic mass is 16.5. The van der Waals surface area contributed by atoms with Crippen LogP contribution in [0.1, 0.15) is 17.4 Å². The Balaban J connectivity index is 2.26. The van der Waals surface area contributed by atoms with Gasteiger partial charge < -0.3 is 4.74 Å². The van der Waals surface area contributed by atoms with Crippen molar-refractivity contribution in [3.8, 4) is 0 Å². The number of rotatable bonds is 2. The summed E-state index contributed by atoms with van der Waals surface area (Å²) in [4.78, 5) is 23.2. The van der Waals surface area contributed by atoms with Crippen LogP contribution in [-0.2, 0) is 9.53 Å². The molecular formula is C10H10N2O3. The first-order chi connectivity index (χ1) is 7.24. The van der Waals surface area contributed by atoms with Gasteiger partial charge in [0.25, 0.3) is 0 Å². The van der Waals surface area contributed by atoms with Gasteiger partial charge in [-0.05, 0) is 19.1 Å². The summed E-state index contributed by atoms with van der Waals surface area (Å²) in [5.41, 5.74) is 0.413. The minimum Gasteiger partial charge on any atom is -0.465 e. The molecule has 0 amide bonds. The number of aromatic nitrogens is 1. The van der Waals surface area contributed by atoms with Crippen molar-refractivity contribution in [3.63, 3.8) is 0 Å². The fraction of sp³-hybridized carbons (Fsp3) is 0.300. The summed E-state index contributed by atoms with van der Waals surface area (Å²) in [5, 5.41) is 3.96. The molecule has 0 aromatic carbocycles. The van der Waals surface area contributed by atoms with Crippen molar-refractivity contribution in [1.82, 2.24) is 4.68 Å². The van der Waals surface area contributed by atoms with Crippen molar-refractivity contribution < 1.29 is 14.3 Å². The fourth-order valence-electron chi connectivity index (χ4n) is 1.43. The molecule has 2 heterocycles. The van der Waals surface area contributed by atoms with E-state index in [1.807, 2.05) is 0 Å². The SMILES string of the molecule is CCOC(=O)[C@H]1C=Nn2cccc2C1=O. The number of ketones is 1. The summed E-state index contributed by atoms with van der Waals surface area (Å²) in [6.07, 6.45) is 2.97. The lowest BCUT2D eigenvalue weighted by Gasteiger charge is -2.14. The Morgan fingerprint density at radius 3 is 3.20 bits per heavy atom. The van der Waals surface area contributed by atoms with Gasteiger partial charge in [0.1, 0.15) is 5.69 Å². The van der Waals surface area contributed by atoms with E-state index in [2.05, 4.69) is 5.10 Å². The van der Waals surface area contributed by atoms with Gasteiger partial charge >= 0.3 is 5.97 Å². The van der Waals surface area contributed by atoms with Gasteiger partial charge in [0, 0.05) is 12.4 Å².